The third-order valence-electron chi connectivity index (χ3n) is 4.73. The van der Waals surface area contributed by atoms with Gasteiger partial charge in [-0.15, -0.1) is 0 Å². The molecule has 1 amide bonds. The van der Waals surface area contributed by atoms with Gasteiger partial charge >= 0.3 is 12.1 Å². The van der Waals surface area contributed by atoms with Gasteiger partial charge in [-0.1, -0.05) is 0 Å². The first-order chi connectivity index (χ1) is 13.2. The molecule has 1 saturated carbocycles. The topological polar surface area (TPSA) is 99.3 Å². The predicted octanol–water partition coefficient (Wildman–Crippen LogP) is 3.36. The zero-order valence-electron chi connectivity index (χ0n) is 17.3. The SMILES string of the molecule is C=NC(=N/C=C(\C)NC1(C#N)CCC1)OC1CCN(C(=O)OC(C)(C)C)CC1. The maximum absolute atomic E-state index is 12.1. The van der Waals surface area contributed by atoms with Crippen molar-refractivity contribution in [3.05, 3.63) is 11.9 Å². The van der Waals surface area contributed by atoms with E-state index in [4.69, 9.17) is 9.47 Å². The van der Waals surface area contributed by atoms with E-state index in [1.165, 1.54) is 0 Å². The number of nitrogens with one attached hydrogen (secondary N) is 1. The van der Waals surface area contributed by atoms with Crippen molar-refractivity contribution < 1.29 is 14.3 Å². The van der Waals surface area contributed by atoms with Gasteiger partial charge in [-0.2, -0.15) is 5.26 Å². The van der Waals surface area contributed by atoms with Crippen LogP contribution >= 0.6 is 0 Å². The minimum Gasteiger partial charge on any atom is -0.460 e. The van der Waals surface area contributed by atoms with Crippen LogP contribution in [-0.2, 0) is 9.47 Å². The van der Waals surface area contributed by atoms with Crippen molar-refractivity contribution in [2.75, 3.05) is 13.1 Å². The number of nitriles is 1. The van der Waals surface area contributed by atoms with E-state index in [0.717, 1.165) is 25.0 Å². The number of amidine groups is 1. The molecule has 0 unspecified atom stereocenters. The number of carbonyl (C=O) groups excluding carboxylic acids is 1. The number of amides is 1. The average Bonchev–Trinajstić information content (AvgIpc) is 2.60. The van der Waals surface area contributed by atoms with Crippen molar-refractivity contribution in [1.29, 1.82) is 5.26 Å². The van der Waals surface area contributed by atoms with E-state index in [-0.39, 0.29) is 18.2 Å². The quantitative estimate of drug-likeness (QED) is 0.587. The molecule has 0 aromatic heterocycles. The average molecular weight is 390 g/mol. The van der Waals surface area contributed by atoms with Gasteiger partial charge in [-0.3, -0.25) is 0 Å². The molecule has 0 bridgehead atoms. The Morgan fingerprint density at radius 1 is 1.36 bits per heavy atom. The number of likely N-dealkylation sites (tertiary alicyclic amines) is 1. The monoisotopic (exact) mass is 389 g/mol. The minimum absolute atomic E-state index is 0.0818. The van der Waals surface area contributed by atoms with Crippen LogP contribution in [0.5, 0.6) is 0 Å². The van der Waals surface area contributed by atoms with Gasteiger partial charge in [0.15, 0.2) is 0 Å². The van der Waals surface area contributed by atoms with Crippen LogP contribution in [0.4, 0.5) is 4.79 Å². The molecule has 8 nitrogen and oxygen atoms in total. The summed E-state index contributed by atoms with van der Waals surface area (Å²) < 4.78 is 11.2. The summed E-state index contributed by atoms with van der Waals surface area (Å²) in [5.74, 6) is 0. The molecular formula is C20H31N5O3. The molecule has 2 fully saturated rings. The van der Waals surface area contributed by atoms with Crippen LogP contribution < -0.4 is 5.32 Å². The first-order valence-corrected chi connectivity index (χ1v) is 9.72. The minimum atomic E-state index is -0.501. The second kappa shape index (κ2) is 9.09. The molecule has 0 aromatic rings. The van der Waals surface area contributed by atoms with Gasteiger partial charge in [0.25, 0.3) is 0 Å². The number of hydrogen-bond acceptors (Lipinski definition) is 6. The van der Waals surface area contributed by atoms with Crippen LogP contribution in [-0.4, -0.2) is 54.1 Å². The van der Waals surface area contributed by atoms with Gasteiger partial charge in [-0.05, 0) is 53.7 Å². The number of carbonyl (C=O) groups is 1. The Kier molecular flexibility index (Phi) is 7.05. The Hall–Kier alpha value is -2.56. The first-order valence-electron chi connectivity index (χ1n) is 9.72. The van der Waals surface area contributed by atoms with E-state index in [1.54, 1.807) is 11.1 Å². The fraction of sp³-hybridized carbons (Fsp3) is 0.700. The number of hydrogen-bond donors (Lipinski definition) is 1. The van der Waals surface area contributed by atoms with Crippen molar-refractivity contribution >= 4 is 18.8 Å². The van der Waals surface area contributed by atoms with Crippen LogP contribution in [0.2, 0.25) is 0 Å². The molecule has 0 atom stereocenters. The molecule has 28 heavy (non-hydrogen) atoms. The molecule has 1 aliphatic carbocycles. The lowest BCUT2D eigenvalue weighted by molar-refractivity contribution is 0.0114. The lowest BCUT2D eigenvalue weighted by Crippen LogP contribution is -2.48. The highest BCUT2D eigenvalue weighted by molar-refractivity contribution is 5.79. The van der Waals surface area contributed by atoms with Gasteiger partial charge in [0.1, 0.15) is 17.2 Å². The summed E-state index contributed by atoms with van der Waals surface area (Å²) >= 11 is 0. The van der Waals surface area contributed by atoms with Crippen LogP contribution in [0.1, 0.15) is 59.8 Å². The van der Waals surface area contributed by atoms with Gasteiger partial charge in [0.2, 0.25) is 0 Å². The zero-order valence-corrected chi connectivity index (χ0v) is 17.3. The Labute approximate surface area is 167 Å². The van der Waals surface area contributed by atoms with E-state index in [1.807, 2.05) is 27.7 Å². The van der Waals surface area contributed by atoms with Gasteiger partial charge in [0.05, 0.1) is 12.3 Å². The lowest BCUT2D eigenvalue weighted by Gasteiger charge is -2.36. The zero-order chi connectivity index (χ0) is 20.8. The number of rotatable bonds is 4. The van der Waals surface area contributed by atoms with E-state index in [9.17, 15) is 10.1 Å². The summed E-state index contributed by atoms with van der Waals surface area (Å²) in [4.78, 5) is 21.9. The molecule has 0 radical (unpaired) electrons. The molecule has 1 heterocycles. The highest BCUT2D eigenvalue weighted by atomic mass is 16.6. The van der Waals surface area contributed by atoms with Crippen LogP contribution in [0.15, 0.2) is 21.9 Å². The summed E-state index contributed by atoms with van der Waals surface area (Å²) in [5, 5.41) is 12.5. The summed E-state index contributed by atoms with van der Waals surface area (Å²) in [7, 11) is 0. The third-order valence-corrected chi connectivity index (χ3v) is 4.73. The third kappa shape index (κ3) is 6.25. The van der Waals surface area contributed by atoms with Crippen molar-refractivity contribution in [2.45, 2.75) is 77.0 Å². The van der Waals surface area contributed by atoms with Gasteiger partial charge < -0.3 is 19.7 Å². The molecule has 2 rings (SSSR count). The molecule has 1 saturated heterocycles. The summed E-state index contributed by atoms with van der Waals surface area (Å²) in [6.45, 7) is 12.1. The molecular weight excluding hydrogens is 358 g/mol. The first kappa shape index (κ1) is 21.7. The predicted molar refractivity (Wildman–Crippen MR) is 108 cm³/mol. The summed E-state index contributed by atoms with van der Waals surface area (Å²) in [6, 6.07) is 2.52. The maximum Gasteiger partial charge on any atom is 0.410 e. The molecule has 1 aliphatic heterocycles. The van der Waals surface area contributed by atoms with E-state index in [0.29, 0.717) is 25.9 Å². The smallest absolute Gasteiger partial charge is 0.410 e. The number of aliphatic imine (C=N–C) groups is 2. The van der Waals surface area contributed by atoms with E-state index < -0.39 is 11.1 Å². The van der Waals surface area contributed by atoms with Gasteiger partial charge in [0, 0.05) is 31.6 Å². The van der Waals surface area contributed by atoms with Crippen molar-refractivity contribution in [3.63, 3.8) is 0 Å². The molecule has 0 aromatic carbocycles. The maximum atomic E-state index is 12.1. The van der Waals surface area contributed by atoms with Crippen molar-refractivity contribution in [2.24, 2.45) is 9.98 Å². The second-order valence-electron chi connectivity index (χ2n) is 8.34. The molecule has 1 N–H and O–H groups in total. The fourth-order valence-corrected chi connectivity index (χ4v) is 3.10. The highest BCUT2D eigenvalue weighted by Gasteiger charge is 2.37. The van der Waals surface area contributed by atoms with E-state index in [2.05, 4.69) is 28.1 Å². The Bertz CT molecular complexity index is 675. The normalized spacial score (nSPS) is 20.6. The van der Waals surface area contributed by atoms with Crippen molar-refractivity contribution in [1.82, 2.24) is 10.2 Å². The Morgan fingerprint density at radius 2 is 2.00 bits per heavy atom. The van der Waals surface area contributed by atoms with Crippen LogP contribution in [0.3, 0.4) is 0 Å². The standard InChI is InChI=1S/C20H31N5O3/c1-15(24-20(14-21)9-6-10-20)13-23-17(22-5)27-16-7-11-25(12-8-16)18(26)28-19(2,3)4/h13,16,24H,5-12H2,1-4H3/b15-13+,23-17?. The number of allylic oxidation sites excluding steroid dienone is 1. The fourth-order valence-electron chi connectivity index (χ4n) is 3.10. The molecule has 0 spiro atoms. The number of ether oxygens (including phenoxy) is 2. The molecule has 154 valence electrons. The summed E-state index contributed by atoms with van der Waals surface area (Å²) in [6.07, 6.45) is 5.32. The highest BCUT2D eigenvalue weighted by Crippen LogP contribution is 2.31. The molecule has 2 aliphatic rings. The Morgan fingerprint density at radius 3 is 2.46 bits per heavy atom. The number of piperidine rings is 1. The van der Waals surface area contributed by atoms with Gasteiger partial charge in [-0.25, -0.2) is 14.8 Å². The Balaban J connectivity index is 1.84. The second-order valence-corrected chi connectivity index (χ2v) is 8.34. The van der Waals surface area contributed by atoms with Crippen LogP contribution in [0, 0.1) is 11.3 Å². The van der Waals surface area contributed by atoms with Crippen LogP contribution in [0.25, 0.3) is 0 Å². The number of nitrogens with zero attached hydrogens (tertiary/aromatic N) is 4. The largest absolute Gasteiger partial charge is 0.460 e. The summed E-state index contributed by atoms with van der Waals surface area (Å²) in [5.41, 5.74) is -0.183. The molecule has 8 heteroatoms. The van der Waals surface area contributed by atoms with E-state index >= 15 is 0 Å². The van der Waals surface area contributed by atoms with Crippen molar-refractivity contribution in [3.8, 4) is 6.07 Å². The lowest BCUT2D eigenvalue weighted by atomic mass is 9.78.